The normalized spacial score (nSPS) is 18.7. The van der Waals surface area contributed by atoms with Gasteiger partial charge in [-0.3, -0.25) is 14.5 Å². The number of carbonyl (C=O) groups is 4. The molecule has 1 unspecified atom stereocenters. The highest BCUT2D eigenvalue weighted by Gasteiger charge is 2.54. The molecule has 2 aromatic rings. The Labute approximate surface area is 251 Å². The van der Waals surface area contributed by atoms with Crippen LogP contribution in [-0.2, 0) is 30.5 Å². The molecule has 0 saturated carbocycles. The van der Waals surface area contributed by atoms with E-state index in [2.05, 4.69) is 40.7 Å². The molecule has 0 spiro atoms. The number of nitrogens with one attached hydrogen (secondary N) is 2. The Morgan fingerprint density at radius 1 is 1.31 bits per heavy atom. The smallest absolute Gasteiger partial charge is 0.407 e. The number of anilines is 1. The Bertz CT molecular complexity index is 1430. The molecule has 0 radical (unpaired) electrons. The summed E-state index contributed by atoms with van der Waals surface area (Å²) in [5.74, 6) is -2.25. The molecule has 21 heteroatoms. The fraction of sp³-hybridized carbons (Fsp3) is 0.524. The number of amides is 3. The van der Waals surface area contributed by atoms with Gasteiger partial charge in [0.1, 0.15) is 29.8 Å². The summed E-state index contributed by atoms with van der Waals surface area (Å²) in [6.07, 6.45) is -0.574. The molecule has 18 nitrogen and oxygen atoms in total. The van der Waals surface area contributed by atoms with Gasteiger partial charge in [-0.1, -0.05) is 16.9 Å². The SMILES string of the molecule is CON=C(C(=O)NC1C(=O)N2C(C(=O)O)=C(CSc3nnnn3CCNC(=O)OC(C)(C)C)CS[C@@H]12)c1nsc(N)n1. The van der Waals surface area contributed by atoms with Crippen LogP contribution in [-0.4, -0.2) is 111 Å². The van der Waals surface area contributed by atoms with E-state index in [-0.39, 0.29) is 47.0 Å². The standard InChI is InChI=1S/C21H27N11O7S3/c1-21(2,3)39-20(37)23-5-6-31-19(26-29-30-31)41-8-9-7-40-16-11(15(34)32(16)12(9)17(35)36)24-14(33)10(27-38-4)13-25-18(22)42-28-13/h11,16H,5-8H2,1-4H3,(H,23,37)(H,24,33)(H,35,36)(H2,22,25,28)/t11?,16-/m0/s1. The first kappa shape index (κ1) is 31.0. The van der Waals surface area contributed by atoms with Crippen molar-refractivity contribution >= 4 is 69.8 Å². The van der Waals surface area contributed by atoms with Crippen molar-refractivity contribution in [3.63, 3.8) is 0 Å². The number of aromatic nitrogens is 6. The molecule has 1 saturated heterocycles. The number of nitrogens with two attached hydrogens (primary N) is 1. The van der Waals surface area contributed by atoms with Crippen LogP contribution in [0.4, 0.5) is 9.93 Å². The summed E-state index contributed by atoms with van der Waals surface area (Å²) in [4.78, 5) is 59.8. The lowest BCUT2D eigenvalue weighted by Gasteiger charge is -2.49. The average molecular weight is 642 g/mol. The Morgan fingerprint density at radius 2 is 2.07 bits per heavy atom. The number of oxime groups is 1. The molecule has 2 aromatic heterocycles. The molecular formula is C21H27N11O7S3. The van der Waals surface area contributed by atoms with E-state index in [4.69, 9.17) is 15.3 Å². The van der Waals surface area contributed by atoms with Gasteiger partial charge >= 0.3 is 12.1 Å². The maximum absolute atomic E-state index is 13.1. The number of carboxylic acid groups (broad SMARTS) is 1. The van der Waals surface area contributed by atoms with Gasteiger partial charge in [0.15, 0.2) is 5.13 Å². The second-order valence-electron chi connectivity index (χ2n) is 9.60. The predicted molar refractivity (Wildman–Crippen MR) is 150 cm³/mol. The van der Waals surface area contributed by atoms with Gasteiger partial charge in [0.2, 0.25) is 16.7 Å². The number of carboxylic acids is 1. The van der Waals surface area contributed by atoms with Crippen molar-refractivity contribution in [2.24, 2.45) is 5.16 Å². The first-order valence-electron chi connectivity index (χ1n) is 12.2. The first-order chi connectivity index (χ1) is 19.9. The zero-order valence-electron chi connectivity index (χ0n) is 22.8. The van der Waals surface area contributed by atoms with Gasteiger partial charge in [0, 0.05) is 29.6 Å². The van der Waals surface area contributed by atoms with Crippen LogP contribution in [0.15, 0.2) is 21.6 Å². The Kier molecular flexibility index (Phi) is 9.51. The lowest BCUT2D eigenvalue weighted by Crippen LogP contribution is -2.71. The van der Waals surface area contributed by atoms with E-state index in [9.17, 15) is 24.3 Å². The number of rotatable bonds is 11. The molecule has 226 valence electrons. The van der Waals surface area contributed by atoms with Crippen molar-refractivity contribution in [1.29, 1.82) is 0 Å². The summed E-state index contributed by atoms with van der Waals surface area (Å²) in [6, 6.07) is -1.01. The van der Waals surface area contributed by atoms with Crippen LogP contribution in [0.25, 0.3) is 0 Å². The van der Waals surface area contributed by atoms with Gasteiger partial charge in [0.25, 0.3) is 11.8 Å². The van der Waals surface area contributed by atoms with Crippen LogP contribution in [0.3, 0.4) is 0 Å². The van der Waals surface area contributed by atoms with Crippen molar-refractivity contribution in [1.82, 2.24) is 45.1 Å². The average Bonchev–Trinajstić information content (AvgIpc) is 3.55. The molecule has 0 aromatic carbocycles. The molecular weight excluding hydrogens is 615 g/mol. The molecule has 2 aliphatic rings. The van der Waals surface area contributed by atoms with Crippen LogP contribution in [0.1, 0.15) is 26.6 Å². The second kappa shape index (κ2) is 12.9. The maximum Gasteiger partial charge on any atom is 0.407 e. The molecule has 4 heterocycles. The highest BCUT2D eigenvalue weighted by molar-refractivity contribution is 8.01. The van der Waals surface area contributed by atoms with Gasteiger partial charge in [-0.15, -0.1) is 16.9 Å². The Morgan fingerprint density at radius 3 is 2.71 bits per heavy atom. The van der Waals surface area contributed by atoms with E-state index in [1.807, 2.05) is 0 Å². The van der Waals surface area contributed by atoms with Crippen molar-refractivity contribution in [3.8, 4) is 0 Å². The highest BCUT2D eigenvalue weighted by Crippen LogP contribution is 2.41. The number of nitrogen functional groups attached to an aromatic ring is 1. The van der Waals surface area contributed by atoms with Gasteiger partial charge in [-0.25, -0.2) is 14.3 Å². The van der Waals surface area contributed by atoms with Crippen LogP contribution in [0.5, 0.6) is 0 Å². The van der Waals surface area contributed by atoms with E-state index < -0.39 is 40.9 Å². The maximum atomic E-state index is 13.1. The largest absolute Gasteiger partial charge is 0.477 e. The number of fused-ring (bicyclic) bond motifs is 1. The summed E-state index contributed by atoms with van der Waals surface area (Å²) in [7, 11) is 1.24. The van der Waals surface area contributed by atoms with Crippen LogP contribution in [0.2, 0.25) is 0 Å². The molecule has 1 fully saturated rings. The van der Waals surface area contributed by atoms with Gasteiger partial charge < -0.3 is 31.0 Å². The predicted octanol–water partition coefficient (Wildman–Crippen LogP) is -0.487. The van der Waals surface area contributed by atoms with E-state index in [1.54, 1.807) is 20.8 Å². The number of hydrogen-bond donors (Lipinski definition) is 4. The molecule has 0 aliphatic carbocycles. The lowest BCUT2D eigenvalue weighted by atomic mass is 10.0. The first-order valence-corrected chi connectivity index (χ1v) is 15.0. The zero-order valence-corrected chi connectivity index (χ0v) is 25.2. The number of carbonyl (C=O) groups excluding carboxylic acids is 3. The molecule has 42 heavy (non-hydrogen) atoms. The minimum absolute atomic E-state index is 0.0647. The van der Waals surface area contributed by atoms with E-state index in [0.29, 0.717) is 10.7 Å². The number of β-lactam (4-membered cyclic amide) rings is 1. The topological polar surface area (TPSA) is 242 Å². The minimum atomic E-state index is -1.28. The molecule has 5 N–H and O–H groups in total. The van der Waals surface area contributed by atoms with Crippen molar-refractivity contribution in [2.45, 2.75) is 49.5 Å². The van der Waals surface area contributed by atoms with Crippen molar-refractivity contribution < 1.29 is 33.9 Å². The lowest BCUT2D eigenvalue weighted by molar-refractivity contribution is -0.150. The number of tetrazole rings is 1. The number of alkyl carbamates (subject to hydrolysis) is 1. The number of nitrogens with zero attached hydrogens (tertiary/aromatic N) is 8. The third-order valence-electron chi connectivity index (χ3n) is 5.45. The third-order valence-corrected chi connectivity index (χ3v) is 8.38. The molecule has 2 atom stereocenters. The minimum Gasteiger partial charge on any atom is -0.477 e. The summed E-state index contributed by atoms with van der Waals surface area (Å²) >= 11 is 3.35. The second-order valence-corrected chi connectivity index (χ2v) is 12.4. The zero-order chi connectivity index (χ0) is 30.6. The van der Waals surface area contributed by atoms with Crippen LogP contribution in [0, 0.1) is 0 Å². The number of thioether (sulfide) groups is 2. The number of hydrogen-bond acceptors (Lipinski definition) is 16. The van der Waals surface area contributed by atoms with Crippen molar-refractivity contribution in [2.75, 3.05) is 30.9 Å². The van der Waals surface area contributed by atoms with E-state index >= 15 is 0 Å². The fourth-order valence-corrected chi connectivity index (χ4v) is 6.60. The molecule has 0 bridgehead atoms. The molecule has 4 rings (SSSR count). The Hall–Kier alpha value is -3.98. The van der Waals surface area contributed by atoms with Crippen molar-refractivity contribution in [3.05, 3.63) is 17.1 Å². The van der Waals surface area contributed by atoms with Gasteiger partial charge in [-0.05, 0) is 36.8 Å². The van der Waals surface area contributed by atoms with Crippen LogP contribution < -0.4 is 16.4 Å². The third kappa shape index (κ3) is 7.07. The summed E-state index contributed by atoms with van der Waals surface area (Å²) in [5, 5.41) is 30.2. The quantitative estimate of drug-likeness (QED) is 0.105. The fourth-order valence-electron chi connectivity index (χ4n) is 3.78. The number of ether oxygens (including phenoxy) is 1. The highest BCUT2D eigenvalue weighted by atomic mass is 32.2. The van der Waals surface area contributed by atoms with E-state index in [1.165, 1.54) is 35.3 Å². The molecule has 2 aliphatic heterocycles. The summed E-state index contributed by atoms with van der Waals surface area (Å²) in [6.45, 7) is 5.71. The summed E-state index contributed by atoms with van der Waals surface area (Å²) in [5.41, 5.74) is 5.00. The molecule has 3 amide bonds. The summed E-state index contributed by atoms with van der Waals surface area (Å²) < 4.78 is 10.6. The van der Waals surface area contributed by atoms with Crippen LogP contribution >= 0.6 is 35.1 Å². The Balaban J connectivity index is 1.39. The van der Waals surface area contributed by atoms with Gasteiger partial charge in [0.05, 0.1) is 6.54 Å². The monoisotopic (exact) mass is 641 g/mol. The van der Waals surface area contributed by atoms with Gasteiger partial charge in [-0.2, -0.15) is 9.36 Å². The number of aliphatic carboxylic acids is 1. The van der Waals surface area contributed by atoms with E-state index in [0.717, 1.165) is 16.4 Å².